The Hall–Kier alpha value is -2.02. The number of nitrogens with two attached hydrogens (primary N) is 1. The predicted octanol–water partition coefficient (Wildman–Crippen LogP) is 0.677. The standard InChI is InChI=1S/C10H10N2O4S/c1-17(15,16)8-4-2-3-7-6(8)5-9(13)12(7)10(11)14/h2-5,13H,1H3,(H2,11,14). The fraction of sp³-hybridized carbons (Fsp3) is 0.100. The summed E-state index contributed by atoms with van der Waals surface area (Å²) >= 11 is 0. The van der Waals surface area contributed by atoms with Crippen molar-refractivity contribution in [2.45, 2.75) is 4.90 Å². The van der Waals surface area contributed by atoms with Crippen LogP contribution in [-0.2, 0) is 9.84 Å². The predicted molar refractivity (Wildman–Crippen MR) is 61.7 cm³/mol. The topological polar surface area (TPSA) is 102 Å². The Morgan fingerprint density at radius 1 is 1.41 bits per heavy atom. The van der Waals surface area contributed by atoms with Crippen LogP contribution in [-0.4, -0.2) is 30.4 Å². The summed E-state index contributed by atoms with van der Waals surface area (Å²) in [6.45, 7) is 0. The van der Waals surface area contributed by atoms with E-state index in [0.29, 0.717) is 0 Å². The second kappa shape index (κ2) is 3.49. The molecule has 0 unspecified atom stereocenters. The van der Waals surface area contributed by atoms with Gasteiger partial charge in [0.15, 0.2) is 15.7 Å². The minimum atomic E-state index is -3.44. The molecule has 1 aromatic carbocycles. The Kier molecular flexibility index (Phi) is 2.35. The summed E-state index contributed by atoms with van der Waals surface area (Å²) in [6.07, 6.45) is 1.06. The van der Waals surface area contributed by atoms with E-state index in [0.717, 1.165) is 10.8 Å². The Morgan fingerprint density at radius 3 is 2.59 bits per heavy atom. The Balaban J connectivity index is 2.95. The smallest absolute Gasteiger partial charge is 0.326 e. The van der Waals surface area contributed by atoms with Crippen LogP contribution in [0.5, 0.6) is 5.88 Å². The lowest BCUT2D eigenvalue weighted by molar-refractivity contribution is 0.248. The van der Waals surface area contributed by atoms with Gasteiger partial charge in [-0.05, 0) is 12.1 Å². The zero-order valence-corrected chi connectivity index (χ0v) is 9.73. The van der Waals surface area contributed by atoms with E-state index in [9.17, 15) is 18.3 Å². The highest BCUT2D eigenvalue weighted by molar-refractivity contribution is 7.91. The minimum absolute atomic E-state index is 0.0466. The van der Waals surface area contributed by atoms with Crippen LogP contribution in [0.4, 0.5) is 4.79 Å². The van der Waals surface area contributed by atoms with Gasteiger partial charge in [0.1, 0.15) is 0 Å². The number of sulfone groups is 1. The van der Waals surface area contributed by atoms with E-state index < -0.39 is 15.9 Å². The number of carbonyl (C=O) groups is 1. The summed E-state index contributed by atoms with van der Waals surface area (Å²) in [7, 11) is -3.44. The van der Waals surface area contributed by atoms with Gasteiger partial charge in [0.25, 0.3) is 0 Å². The molecule has 2 rings (SSSR count). The number of hydrogen-bond donors (Lipinski definition) is 2. The molecule has 0 atom stereocenters. The van der Waals surface area contributed by atoms with Crippen molar-refractivity contribution < 1.29 is 18.3 Å². The van der Waals surface area contributed by atoms with Crippen molar-refractivity contribution in [2.24, 2.45) is 5.73 Å². The average Bonchev–Trinajstić information content (AvgIpc) is 2.51. The van der Waals surface area contributed by atoms with Gasteiger partial charge in [-0.3, -0.25) is 0 Å². The molecule has 0 radical (unpaired) electrons. The second-order valence-electron chi connectivity index (χ2n) is 3.64. The number of aromatic hydroxyl groups is 1. The Labute approximate surface area is 97.2 Å². The second-order valence-corrected chi connectivity index (χ2v) is 5.62. The quantitative estimate of drug-likeness (QED) is 0.780. The number of rotatable bonds is 1. The van der Waals surface area contributed by atoms with Gasteiger partial charge in [-0.1, -0.05) is 6.07 Å². The largest absolute Gasteiger partial charge is 0.494 e. The number of fused-ring (bicyclic) bond motifs is 1. The Morgan fingerprint density at radius 2 is 2.06 bits per heavy atom. The van der Waals surface area contributed by atoms with Crippen molar-refractivity contribution in [1.29, 1.82) is 0 Å². The maximum atomic E-state index is 11.5. The third kappa shape index (κ3) is 1.74. The van der Waals surface area contributed by atoms with Gasteiger partial charge in [0.2, 0.25) is 0 Å². The van der Waals surface area contributed by atoms with Crippen LogP contribution in [0.15, 0.2) is 29.2 Å². The molecule has 0 saturated carbocycles. The van der Waals surface area contributed by atoms with E-state index in [4.69, 9.17) is 5.73 Å². The van der Waals surface area contributed by atoms with Gasteiger partial charge < -0.3 is 10.8 Å². The SMILES string of the molecule is CS(=O)(=O)c1cccc2c1cc(O)n2C(N)=O. The fourth-order valence-electron chi connectivity index (χ4n) is 1.74. The highest BCUT2D eigenvalue weighted by Gasteiger charge is 2.18. The molecular formula is C10H10N2O4S. The maximum absolute atomic E-state index is 11.5. The van der Waals surface area contributed by atoms with Gasteiger partial charge in [0.05, 0.1) is 10.4 Å². The summed E-state index contributed by atoms with van der Waals surface area (Å²) < 4.78 is 23.9. The maximum Gasteiger partial charge on any atom is 0.326 e. The molecule has 0 bridgehead atoms. The first-order valence-electron chi connectivity index (χ1n) is 4.65. The molecule has 0 aliphatic heterocycles. The van der Waals surface area contributed by atoms with Crippen LogP contribution in [0.3, 0.4) is 0 Å². The lowest BCUT2D eigenvalue weighted by Gasteiger charge is -2.02. The van der Waals surface area contributed by atoms with Crippen LogP contribution in [0.1, 0.15) is 0 Å². The number of hydrogen-bond acceptors (Lipinski definition) is 4. The minimum Gasteiger partial charge on any atom is -0.494 e. The first kappa shape index (κ1) is 11.5. The summed E-state index contributed by atoms with van der Waals surface area (Å²) in [5, 5.41) is 9.83. The lowest BCUT2D eigenvalue weighted by atomic mass is 10.2. The van der Waals surface area contributed by atoms with E-state index in [-0.39, 0.29) is 21.7 Å². The van der Waals surface area contributed by atoms with E-state index in [2.05, 4.69) is 0 Å². The first-order chi connectivity index (χ1) is 7.82. The zero-order valence-electron chi connectivity index (χ0n) is 8.91. The van der Waals surface area contributed by atoms with Crippen LogP contribution in [0, 0.1) is 0 Å². The van der Waals surface area contributed by atoms with Crippen molar-refractivity contribution in [1.82, 2.24) is 4.57 Å². The molecular weight excluding hydrogens is 244 g/mol. The van der Waals surface area contributed by atoms with E-state index in [1.807, 2.05) is 0 Å². The Bertz CT molecular complexity index is 715. The van der Waals surface area contributed by atoms with Crippen molar-refractivity contribution in [3.8, 4) is 5.88 Å². The molecule has 1 amide bonds. The zero-order chi connectivity index (χ0) is 12.8. The van der Waals surface area contributed by atoms with Crippen LogP contribution in [0.25, 0.3) is 10.9 Å². The first-order valence-corrected chi connectivity index (χ1v) is 6.55. The normalized spacial score (nSPS) is 11.8. The molecule has 90 valence electrons. The number of carbonyl (C=O) groups excluding carboxylic acids is 1. The van der Waals surface area contributed by atoms with Crippen molar-refractivity contribution >= 4 is 26.8 Å². The molecule has 7 heteroatoms. The molecule has 0 aliphatic carbocycles. The monoisotopic (exact) mass is 254 g/mol. The number of aromatic nitrogens is 1. The van der Waals surface area contributed by atoms with E-state index in [1.165, 1.54) is 24.3 Å². The van der Waals surface area contributed by atoms with Gasteiger partial charge in [-0.25, -0.2) is 17.8 Å². The van der Waals surface area contributed by atoms with Crippen LogP contribution < -0.4 is 5.73 Å². The summed E-state index contributed by atoms with van der Waals surface area (Å²) in [6, 6.07) is 4.73. The molecule has 0 saturated heterocycles. The molecule has 0 aliphatic rings. The number of benzene rings is 1. The summed E-state index contributed by atoms with van der Waals surface area (Å²) in [5.41, 5.74) is 5.36. The molecule has 2 aromatic rings. The molecule has 17 heavy (non-hydrogen) atoms. The highest BCUT2D eigenvalue weighted by atomic mass is 32.2. The number of nitrogens with zero attached hydrogens (tertiary/aromatic N) is 1. The number of amides is 1. The molecule has 1 aromatic heterocycles. The number of primary amides is 1. The highest BCUT2D eigenvalue weighted by Crippen LogP contribution is 2.29. The molecule has 0 spiro atoms. The van der Waals surface area contributed by atoms with Crippen molar-refractivity contribution in [3.63, 3.8) is 0 Å². The van der Waals surface area contributed by atoms with Crippen molar-refractivity contribution in [2.75, 3.05) is 6.26 Å². The van der Waals surface area contributed by atoms with Crippen molar-refractivity contribution in [3.05, 3.63) is 24.3 Å². The van der Waals surface area contributed by atoms with E-state index in [1.54, 1.807) is 0 Å². The van der Waals surface area contributed by atoms with Crippen LogP contribution >= 0.6 is 0 Å². The lowest BCUT2D eigenvalue weighted by Crippen LogP contribution is -2.18. The molecule has 0 fully saturated rings. The summed E-state index contributed by atoms with van der Waals surface area (Å²) in [4.78, 5) is 11.2. The van der Waals surface area contributed by atoms with Crippen LogP contribution in [0.2, 0.25) is 0 Å². The molecule has 6 nitrogen and oxygen atoms in total. The fourth-order valence-corrected chi connectivity index (χ4v) is 2.63. The average molecular weight is 254 g/mol. The van der Waals surface area contributed by atoms with Gasteiger partial charge in [-0.2, -0.15) is 0 Å². The van der Waals surface area contributed by atoms with Gasteiger partial charge in [0, 0.05) is 17.7 Å². The van der Waals surface area contributed by atoms with Gasteiger partial charge >= 0.3 is 6.03 Å². The third-order valence-corrected chi connectivity index (χ3v) is 3.56. The molecule has 3 N–H and O–H groups in total. The van der Waals surface area contributed by atoms with E-state index >= 15 is 0 Å². The third-order valence-electron chi connectivity index (χ3n) is 2.41. The molecule has 1 heterocycles. The van der Waals surface area contributed by atoms with Gasteiger partial charge in [-0.15, -0.1) is 0 Å². The summed E-state index contributed by atoms with van der Waals surface area (Å²) in [5.74, 6) is -0.386.